The standard InChI is InChI=1S/C14H8Cl2O5S2/c15-7-8-5-13(17)20-11-6-9(1-2-10(8)11)21-23(18,19)14-4-3-12(16)22-14/h1-6H,7H2. The molecule has 0 saturated heterocycles. The Morgan fingerprint density at radius 3 is 2.61 bits per heavy atom. The lowest BCUT2D eigenvalue weighted by atomic mass is 10.1. The lowest BCUT2D eigenvalue weighted by Gasteiger charge is -2.07. The minimum absolute atomic E-state index is 0.0152. The van der Waals surface area contributed by atoms with Crippen molar-refractivity contribution in [2.75, 3.05) is 0 Å². The summed E-state index contributed by atoms with van der Waals surface area (Å²) in [5.74, 6) is 0.158. The average Bonchev–Trinajstić information content (AvgIpc) is 2.93. The van der Waals surface area contributed by atoms with Crippen molar-refractivity contribution in [3.8, 4) is 5.75 Å². The molecule has 0 radical (unpaired) electrons. The van der Waals surface area contributed by atoms with E-state index in [9.17, 15) is 13.2 Å². The Morgan fingerprint density at radius 1 is 1.17 bits per heavy atom. The third-order valence-corrected chi connectivity index (χ3v) is 6.16. The Balaban J connectivity index is 2.03. The normalized spacial score (nSPS) is 11.7. The number of halogens is 2. The lowest BCUT2D eigenvalue weighted by molar-refractivity contribution is 0.487. The van der Waals surface area contributed by atoms with Gasteiger partial charge < -0.3 is 8.60 Å². The SMILES string of the molecule is O=c1cc(CCl)c2ccc(OS(=O)(=O)c3ccc(Cl)s3)cc2o1. The molecule has 0 aliphatic carbocycles. The zero-order valence-electron chi connectivity index (χ0n) is 11.3. The monoisotopic (exact) mass is 390 g/mol. The second kappa shape index (κ2) is 6.16. The number of alkyl halides is 1. The maximum absolute atomic E-state index is 12.2. The van der Waals surface area contributed by atoms with Crippen LogP contribution in [0.3, 0.4) is 0 Å². The minimum Gasteiger partial charge on any atom is -0.423 e. The van der Waals surface area contributed by atoms with Gasteiger partial charge in [0, 0.05) is 23.4 Å². The highest BCUT2D eigenvalue weighted by Crippen LogP contribution is 2.30. The fourth-order valence-corrected chi connectivity index (χ4v) is 4.56. The number of hydrogen-bond donors (Lipinski definition) is 0. The Hall–Kier alpha value is -1.54. The molecule has 0 aliphatic rings. The van der Waals surface area contributed by atoms with Gasteiger partial charge in [-0.3, -0.25) is 0 Å². The molecule has 1 aromatic carbocycles. The van der Waals surface area contributed by atoms with Crippen LogP contribution in [0.25, 0.3) is 11.0 Å². The average molecular weight is 391 g/mol. The zero-order valence-corrected chi connectivity index (χ0v) is 14.4. The van der Waals surface area contributed by atoms with Crippen LogP contribution in [-0.4, -0.2) is 8.42 Å². The fourth-order valence-electron chi connectivity index (χ4n) is 1.97. The molecule has 0 bridgehead atoms. The summed E-state index contributed by atoms with van der Waals surface area (Å²) in [6.45, 7) is 0. The molecule has 0 fully saturated rings. The van der Waals surface area contributed by atoms with Crippen LogP contribution in [0.5, 0.6) is 5.75 Å². The molecule has 5 nitrogen and oxygen atoms in total. The summed E-state index contributed by atoms with van der Waals surface area (Å²) in [6, 6.07) is 8.50. The third-order valence-electron chi connectivity index (χ3n) is 2.95. The maximum atomic E-state index is 12.2. The van der Waals surface area contributed by atoms with Gasteiger partial charge >= 0.3 is 15.7 Å². The Kier molecular flexibility index (Phi) is 4.37. The van der Waals surface area contributed by atoms with Crippen LogP contribution in [0.2, 0.25) is 4.34 Å². The first-order valence-corrected chi connectivity index (χ1v) is 9.35. The maximum Gasteiger partial charge on any atom is 0.348 e. The molecule has 0 spiro atoms. The largest absolute Gasteiger partial charge is 0.423 e. The van der Waals surface area contributed by atoms with E-state index >= 15 is 0 Å². The molecule has 3 aromatic rings. The van der Waals surface area contributed by atoms with E-state index in [4.69, 9.17) is 31.8 Å². The van der Waals surface area contributed by atoms with Crippen molar-refractivity contribution in [3.05, 3.63) is 56.7 Å². The van der Waals surface area contributed by atoms with Crippen LogP contribution in [0.4, 0.5) is 0 Å². The van der Waals surface area contributed by atoms with Crippen LogP contribution in [-0.2, 0) is 16.0 Å². The van der Waals surface area contributed by atoms with E-state index in [2.05, 4.69) is 0 Å². The molecule has 120 valence electrons. The molecule has 2 aromatic heterocycles. The molecule has 23 heavy (non-hydrogen) atoms. The second-order valence-electron chi connectivity index (χ2n) is 4.48. The van der Waals surface area contributed by atoms with Gasteiger partial charge in [0.1, 0.15) is 11.3 Å². The summed E-state index contributed by atoms with van der Waals surface area (Å²) in [6.07, 6.45) is 0. The second-order valence-corrected chi connectivity index (χ2v) is 8.23. The predicted molar refractivity (Wildman–Crippen MR) is 89.2 cm³/mol. The number of rotatable bonds is 4. The lowest BCUT2D eigenvalue weighted by Crippen LogP contribution is -2.08. The van der Waals surface area contributed by atoms with Gasteiger partial charge in [-0.15, -0.1) is 22.9 Å². The summed E-state index contributed by atoms with van der Waals surface area (Å²) in [4.78, 5) is 11.5. The molecule has 0 atom stereocenters. The van der Waals surface area contributed by atoms with E-state index in [1.165, 1.54) is 30.3 Å². The van der Waals surface area contributed by atoms with Gasteiger partial charge in [-0.2, -0.15) is 8.42 Å². The molecule has 0 amide bonds. The van der Waals surface area contributed by atoms with Gasteiger partial charge in [0.05, 0.1) is 4.34 Å². The number of fused-ring (bicyclic) bond motifs is 1. The van der Waals surface area contributed by atoms with Gasteiger partial charge in [0.15, 0.2) is 4.21 Å². The van der Waals surface area contributed by atoms with E-state index in [0.29, 0.717) is 15.3 Å². The van der Waals surface area contributed by atoms with Crippen LogP contribution in [0, 0.1) is 0 Å². The molecule has 2 heterocycles. The topological polar surface area (TPSA) is 73.6 Å². The zero-order chi connectivity index (χ0) is 16.6. The summed E-state index contributed by atoms with van der Waals surface area (Å²) >= 11 is 12.4. The van der Waals surface area contributed by atoms with Gasteiger partial charge in [0.2, 0.25) is 0 Å². The minimum atomic E-state index is -4.00. The number of hydrogen-bond acceptors (Lipinski definition) is 6. The van der Waals surface area contributed by atoms with E-state index in [1.54, 1.807) is 6.07 Å². The fraction of sp³-hybridized carbons (Fsp3) is 0.0714. The van der Waals surface area contributed by atoms with Crippen LogP contribution in [0.1, 0.15) is 5.56 Å². The van der Waals surface area contributed by atoms with E-state index in [1.807, 2.05) is 0 Å². The van der Waals surface area contributed by atoms with Crippen molar-refractivity contribution in [2.24, 2.45) is 0 Å². The smallest absolute Gasteiger partial charge is 0.348 e. The van der Waals surface area contributed by atoms with Crippen molar-refractivity contribution >= 4 is 55.6 Å². The quantitative estimate of drug-likeness (QED) is 0.382. The van der Waals surface area contributed by atoms with Crippen molar-refractivity contribution in [2.45, 2.75) is 10.1 Å². The highest BCUT2D eigenvalue weighted by Gasteiger charge is 2.19. The van der Waals surface area contributed by atoms with Gasteiger partial charge in [-0.1, -0.05) is 11.6 Å². The van der Waals surface area contributed by atoms with Crippen LogP contribution >= 0.6 is 34.5 Å². The summed E-state index contributed by atoms with van der Waals surface area (Å²) in [5.41, 5.74) is 0.223. The Morgan fingerprint density at radius 2 is 1.96 bits per heavy atom. The Labute approximate surface area is 145 Å². The predicted octanol–water partition coefficient (Wildman–Crippen LogP) is 4.01. The summed E-state index contributed by atoms with van der Waals surface area (Å²) in [5, 5.41) is 0.614. The molecule has 0 N–H and O–H groups in total. The summed E-state index contributed by atoms with van der Waals surface area (Å²) < 4.78 is 34.7. The molecule has 9 heteroatoms. The molecule has 0 aliphatic heterocycles. The van der Waals surface area contributed by atoms with Crippen molar-refractivity contribution in [1.29, 1.82) is 0 Å². The first-order valence-electron chi connectivity index (χ1n) is 6.21. The van der Waals surface area contributed by atoms with E-state index in [0.717, 1.165) is 11.3 Å². The van der Waals surface area contributed by atoms with Gasteiger partial charge in [-0.05, 0) is 29.8 Å². The van der Waals surface area contributed by atoms with Crippen molar-refractivity contribution < 1.29 is 17.0 Å². The van der Waals surface area contributed by atoms with Gasteiger partial charge in [-0.25, -0.2) is 4.79 Å². The Bertz CT molecular complexity index is 1040. The third kappa shape index (κ3) is 3.37. The molecular formula is C14H8Cl2O5S2. The molecule has 3 rings (SSSR count). The van der Waals surface area contributed by atoms with Gasteiger partial charge in [0.25, 0.3) is 0 Å². The van der Waals surface area contributed by atoms with Crippen molar-refractivity contribution in [1.82, 2.24) is 0 Å². The van der Waals surface area contributed by atoms with E-state index in [-0.39, 0.29) is 21.4 Å². The van der Waals surface area contributed by atoms with Crippen molar-refractivity contribution in [3.63, 3.8) is 0 Å². The molecule has 0 unspecified atom stereocenters. The first kappa shape index (κ1) is 16.3. The number of benzene rings is 1. The molecule has 0 saturated carbocycles. The van der Waals surface area contributed by atoms with Crippen LogP contribution in [0.15, 0.2) is 49.8 Å². The molecular weight excluding hydrogens is 383 g/mol. The summed E-state index contributed by atoms with van der Waals surface area (Å²) in [7, 11) is -4.00. The van der Waals surface area contributed by atoms with Crippen LogP contribution < -0.4 is 9.81 Å². The highest BCUT2D eigenvalue weighted by molar-refractivity contribution is 7.89. The number of thiophene rings is 1. The van der Waals surface area contributed by atoms with E-state index < -0.39 is 15.7 Å². The first-order chi connectivity index (χ1) is 10.9. The highest BCUT2D eigenvalue weighted by atomic mass is 35.5.